The maximum absolute atomic E-state index is 12.6. The minimum Gasteiger partial charge on any atom is -0.391 e. The van der Waals surface area contributed by atoms with Crippen LogP contribution in [-0.2, 0) is 4.79 Å². The van der Waals surface area contributed by atoms with E-state index in [1.54, 1.807) is 46.4 Å². The summed E-state index contributed by atoms with van der Waals surface area (Å²) in [6.45, 7) is 10.8. The summed E-state index contributed by atoms with van der Waals surface area (Å²) in [5.41, 5.74) is -1.61. The minimum atomic E-state index is -0.803. The summed E-state index contributed by atoms with van der Waals surface area (Å²) in [4.78, 5) is 14.1. The lowest BCUT2D eigenvalue weighted by Crippen LogP contribution is -2.67. The molecule has 6 nitrogen and oxygen atoms in total. The van der Waals surface area contributed by atoms with Crippen LogP contribution in [0.15, 0.2) is 10.2 Å². The van der Waals surface area contributed by atoms with Crippen LogP contribution < -0.4 is 0 Å². The van der Waals surface area contributed by atoms with E-state index in [9.17, 15) is 15.0 Å². The summed E-state index contributed by atoms with van der Waals surface area (Å²) in [6.07, 6.45) is -1.46. The number of hydrogen-bond acceptors (Lipinski definition) is 5. The highest BCUT2D eigenvalue weighted by molar-refractivity contribution is 5.84. The first-order valence-corrected chi connectivity index (χ1v) is 6.59. The number of rotatable bonds is 5. The molecule has 1 rings (SSSR count). The fraction of sp³-hybridized carbons (Fsp3) is 0.923. The van der Waals surface area contributed by atoms with Gasteiger partial charge in [-0.3, -0.25) is 4.79 Å². The van der Waals surface area contributed by atoms with E-state index in [0.717, 1.165) is 0 Å². The van der Waals surface area contributed by atoms with Crippen LogP contribution in [0.25, 0.3) is 0 Å². The topological polar surface area (TPSA) is 85.5 Å². The monoisotopic (exact) mass is 271 g/mol. The summed E-state index contributed by atoms with van der Waals surface area (Å²) in [7, 11) is 0. The molecule has 0 saturated heterocycles. The molecule has 3 atom stereocenters. The van der Waals surface area contributed by atoms with Crippen LogP contribution in [0.4, 0.5) is 0 Å². The fourth-order valence-corrected chi connectivity index (χ4v) is 2.12. The summed E-state index contributed by atoms with van der Waals surface area (Å²) >= 11 is 0. The van der Waals surface area contributed by atoms with Gasteiger partial charge in [-0.15, -0.1) is 0 Å². The Bertz CT molecular complexity index is 355. The fourth-order valence-electron chi connectivity index (χ4n) is 2.12. The summed E-state index contributed by atoms with van der Waals surface area (Å²) in [5, 5.41) is 27.5. The van der Waals surface area contributed by atoms with Crippen molar-refractivity contribution in [2.24, 2.45) is 10.2 Å². The van der Waals surface area contributed by atoms with Crippen LogP contribution in [0.3, 0.4) is 0 Å². The smallest absolute Gasteiger partial charge is 0.252 e. The van der Waals surface area contributed by atoms with Gasteiger partial charge in [0, 0.05) is 0 Å². The van der Waals surface area contributed by atoms with Crippen molar-refractivity contribution < 1.29 is 15.0 Å². The highest BCUT2D eigenvalue weighted by atomic mass is 16.3. The second kappa shape index (κ2) is 5.17. The number of aliphatic hydroxyl groups excluding tert-OH is 2. The highest BCUT2D eigenvalue weighted by Gasteiger charge is 2.48. The van der Waals surface area contributed by atoms with E-state index >= 15 is 0 Å². The van der Waals surface area contributed by atoms with Gasteiger partial charge in [-0.2, -0.15) is 10.2 Å². The molecule has 110 valence electrons. The van der Waals surface area contributed by atoms with Crippen molar-refractivity contribution in [2.75, 3.05) is 6.54 Å². The van der Waals surface area contributed by atoms with Crippen molar-refractivity contribution in [1.82, 2.24) is 4.90 Å². The Balaban J connectivity index is 3.18. The van der Waals surface area contributed by atoms with Crippen molar-refractivity contribution >= 4 is 5.91 Å². The molecule has 1 heterocycles. The number of carbonyl (C=O) groups excluding carboxylic acids is 1. The van der Waals surface area contributed by atoms with Gasteiger partial charge in [0.1, 0.15) is 0 Å². The van der Waals surface area contributed by atoms with E-state index in [1.807, 2.05) is 0 Å². The van der Waals surface area contributed by atoms with Crippen LogP contribution in [-0.4, -0.2) is 56.9 Å². The molecule has 2 N–H and O–H groups in total. The standard InChI is InChI=1S/C13H25N3O3/c1-8(17)12(3,4)16(13(5,6)9(2)18)11(19)10-7-14-15-10/h8-10,17-18H,7H2,1-6H3. The molecular formula is C13H25N3O3. The van der Waals surface area contributed by atoms with E-state index < -0.39 is 29.3 Å². The molecule has 1 aliphatic rings. The Labute approximate surface area is 114 Å². The summed E-state index contributed by atoms with van der Waals surface area (Å²) in [6, 6.07) is -0.490. The van der Waals surface area contributed by atoms with Gasteiger partial charge in [0.05, 0.1) is 29.8 Å². The molecule has 0 spiro atoms. The molecule has 3 unspecified atom stereocenters. The highest BCUT2D eigenvalue weighted by Crippen LogP contribution is 2.32. The van der Waals surface area contributed by atoms with Crippen LogP contribution >= 0.6 is 0 Å². The van der Waals surface area contributed by atoms with Crippen LogP contribution in [0, 0.1) is 0 Å². The number of carbonyl (C=O) groups is 1. The molecule has 0 radical (unpaired) electrons. The molecule has 0 saturated carbocycles. The first-order valence-electron chi connectivity index (χ1n) is 6.59. The van der Waals surface area contributed by atoms with Crippen molar-refractivity contribution in [3.05, 3.63) is 0 Å². The number of hydrogen-bond donors (Lipinski definition) is 2. The Morgan fingerprint density at radius 3 is 1.74 bits per heavy atom. The lowest BCUT2D eigenvalue weighted by molar-refractivity contribution is -0.160. The zero-order valence-corrected chi connectivity index (χ0v) is 12.6. The van der Waals surface area contributed by atoms with Crippen LogP contribution in [0.2, 0.25) is 0 Å². The van der Waals surface area contributed by atoms with Crippen molar-refractivity contribution in [3.63, 3.8) is 0 Å². The Kier molecular flexibility index (Phi) is 4.37. The molecule has 0 aliphatic carbocycles. The van der Waals surface area contributed by atoms with Gasteiger partial charge in [0.2, 0.25) is 0 Å². The molecule has 6 heteroatoms. The molecular weight excluding hydrogens is 246 g/mol. The Morgan fingerprint density at radius 1 is 1.16 bits per heavy atom. The van der Waals surface area contributed by atoms with Gasteiger partial charge in [-0.1, -0.05) is 0 Å². The predicted molar refractivity (Wildman–Crippen MR) is 71.9 cm³/mol. The molecule has 0 aromatic rings. The predicted octanol–water partition coefficient (Wildman–Crippen LogP) is 0.968. The van der Waals surface area contributed by atoms with Gasteiger partial charge in [0.25, 0.3) is 5.91 Å². The van der Waals surface area contributed by atoms with E-state index in [2.05, 4.69) is 10.2 Å². The van der Waals surface area contributed by atoms with E-state index in [1.165, 1.54) is 0 Å². The Morgan fingerprint density at radius 2 is 1.53 bits per heavy atom. The molecule has 1 aliphatic heterocycles. The van der Waals surface area contributed by atoms with Crippen LogP contribution in [0.5, 0.6) is 0 Å². The number of amides is 1. The van der Waals surface area contributed by atoms with E-state index in [4.69, 9.17) is 0 Å². The zero-order valence-electron chi connectivity index (χ0n) is 12.6. The normalized spacial score (nSPS) is 22.6. The largest absolute Gasteiger partial charge is 0.391 e. The average molecular weight is 271 g/mol. The van der Waals surface area contributed by atoms with Crippen LogP contribution in [0.1, 0.15) is 41.5 Å². The van der Waals surface area contributed by atoms with Gasteiger partial charge in [-0.25, -0.2) is 0 Å². The quantitative estimate of drug-likeness (QED) is 0.781. The number of nitrogens with zero attached hydrogens (tertiary/aromatic N) is 3. The number of aliphatic hydroxyl groups is 2. The maximum Gasteiger partial charge on any atom is 0.252 e. The van der Waals surface area contributed by atoms with Crippen molar-refractivity contribution in [1.29, 1.82) is 0 Å². The average Bonchev–Trinajstić information content (AvgIpc) is 2.12. The Hall–Kier alpha value is -1.01. The van der Waals surface area contributed by atoms with E-state index in [-0.39, 0.29) is 5.91 Å². The lowest BCUT2D eigenvalue weighted by Gasteiger charge is -2.52. The molecule has 0 bridgehead atoms. The zero-order chi connectivity index (χ0) is 15.0. The molecule has 0 aromatic heterocycles. The molecule has 0 aromatic carbocycles. The number of azo groups is 1. The minimum absolute atomic E-state index is 0.202. The van der Waals surface area contributed by atoms with Gasteiger partial charge in [0.15, 0.2) is 6.04 Å². The second-order valence-corrected chi connectivity index (χ2v) is 6.29. The third kappa shape index (κ3) is 2.79. The molecule has 19 heavy (non-hydrogen) atoms. The molecule has 1 amide bonds. The third-order valence-electron chi connectivity index (χ3n) is 4.18. The van der Waals surface area contributed by atoms with Gasteiger partial charge < -0.3 is 15.1 Å². The first-order chi connectivity index (χ1) is 8.52. The third-order valence-corrected chi connectivity index (χ3v) is 4.18. The first kappa shape index (κ1) is 16.0. The summed E-state index contributed by atoms with van der Waals surface area (Å²) < 4.78 is 0. The van der Waals surface area contributed by atoms with Crippen molar-refractivity contribution in [2.45, 2.75) is 70.9 Å². The SMILES string of the molecule is CC(O)C(C)(C)N(C(=O)C1CN=N1)C(C)(C)C(C)O. The lowest BCUT2D eigenvalue weighted by atomic mass is 9.85. The second-order valence-electron chi connectivity index (χ2n) is 6.29. The van der Waals surface area contributed by atoms with Crippen molar-refractivity contribution in [3.8, 4) is 0 Å². The van der Waals surface area contributed by atoms with E-state index in [0.29, 0.717) is 6.54 Å². The maximum atomic E-state index is 12.6. The summed E-state index contributed by atoms with van der Waals surface area (Å²) in [5.74, 6) is -0.202. The van der Waals surface area contributed by atoms with Gasteiger partial charge in [-0.05, 0) is 41.5 Å². The molecule has 0 fully saturated rings. The van der Waals surface area contributed by atoms with Gasteiger partial charge >= 0.3 is 0 Å².